The average molecular weight is 333 g/mol. The summed E-state index contributed by atoms with van der Waals surface area (Å²) in [6.45, 7) is 1.50. The molecule has 0 aromatic rings. The molecule has 1 unspecified atom stereocenters. The quantitative estimate of drug-likeness (QED) is 0.438. The summed E-state index contributed by atoms with van der Waals surface area (Å²) in [5.74, 6) is -2.80. The maximum atomic E-state index is 11.9. The molecule has 4 atom stereocenters. The Kier molecular flexibility index (Phi) is 4.51. The number of rotatable bonds is 6. The molecule has 0 aromatic heterocycles. The summed E-state index contributed by atoms with van der Waals surface area (Å²) in [7, 11) is 0. The van der Waals surface area contributed by atoms with Gasteiger partial charge in [-0.3, -0.25) is 14.5 Å². The third kappa shape index (κ3) is 2.76. The van der Waals surface area contributed by atoms with E-state index >= 15 is 0 Å². The fourth-order valence-corrected chi connectivity index (χ4v) is 5.01. The molecule has 2 amide bonds. The van der Waals surface area contributed by atoms with Crippen molar-refractivity contribution >= 4 is 41.3 Å². The summed E-state index contributed by atoms with van der Waals surface area (Å²) in [6.07, 6.45) is -0.849. The molecule has 0 bridgehead atoms. The normalized spacial score (nSPS) is 27.2. The van der Waals surface area contributed by atoms with Gasteiger partial charge < -0.3 is 21.7 Å². The molecule has 1 fully saturated rings. The second-order valence-electron chi connectivity index (χ2n) is 4.74. The van der Waals surface area contributed by atoms with Crippen molar-refractivity contribution in [3.63, 3.8) is 0 Å². The Morgan fingerprint density at radius 2 is 2.14 bits per heavy atom. The first kappa shape index (κ1) is 16.1. The van der Waals surface area contributed by atoms with Crippen LogP contribution in [0.4, 0.5) is 0 Å². The second kappa shape index (κ2) is 5.87. The third-order valence-corrected chi connectivity index (χ3v) is 6.00. The van der Waals surface area contributed by atoms with E-state index in [1.165, 1.54) is 23.6 Å². The predicted octanol–water partition coefficient (Wildman–Crippen LogP) is -1.30. The van der Waals surface area contributed by atoms with Crippen LogP contribution in [-0.2, 0) is 14.4 Å². The minimum atomic E-state index is -1.22. The van der Waals surface area contributed by atoms with E-state index < -0.39 is 41.2 Å². The Labute approximate surface area is 128 Å². The van der Waals surface area contributed by atoms with Crippen molar-refractivity contribution in [1.82, 2.24) is 4.90 Å². The maximum Gasteiger partial charge on any atom is 0.354 e. The molecule has 0 spiro atoms. The number of hydrogen-bond donors (Lipinski definition) is 4. The molecule has 2 rings (SSSR count). The molecule has 0 aliphatic carbocycles. The molecular formula is C11H15N3O5S2. The van der Waals surface area contributed by atoms with Gasteiger partial charge in [0, 0.05) is 5.75 Å². The first-order chi connectivity index (χ1) is 9.75. The second-order valence-corrected chi connectivity index (χ2v) is 7.16. The monoisotopic (exact) mass is 333 g/mol. The summed E-state index contributed by atoms with van der Waals surface area (Å²) in [6, 6.07) is -0.894. The van der Waals surface area contributed by atoms with E-state index in [0.717, 1.165) is 11.8 Å². The zero-order chi connectivity index (χ0) is 15.9. The number of β-lactam (4-membered cyclic amide) rings is 1. The summed E-state index contributed by atoms with van der Waals surface area (Å²) in [5.41, 5.74) is 10.4. The number of nitrogens with two attached hydrogens (primary N) is 2. The first-order valence-corrected chi connectivity index (χ1v) is 7.95. The van der Waals surface area contributed by atoms with Crippen LogP contribution in [-0.4, -0.2) is 56.2 Å². The lowest BCUT2D eigenvalue weighted by atomic mass is 9.92. The summed E-state index contributed by atoms with van der Waals surface area (Å²) >= 11 is 2.27. The van der Waals surface area contributed by atoms with Gasteiger partial charge in [-0.1, -0.05) is 11.8 Å². The molecule has 0 aromatic carbocycles. The van der Waals surface area contributed by atoms with Gasteiger partial charge in [0.1, 0.15) is 5.37 Å². The van der Waals surface area contributed by atoms with Gasteiger partial charge in [-0.05, 0) is 6.92 Å². The number of aliphatic carboxylic acids is 1. The van der Waals surface area contributed by atoms with Gasteiger partial charge in [-0.15, -0.1) is 11.8 Å². The lowest BCUT2D eigenvalue weighted by molar-refractivity contribution is -0.156. The average Bonchev–Trinajstić information content (AvgIpc) is 2.69. The Bertz CT molecular complexity index is 536. The molecule has 2 heterocycles. The van der Waals surface area contributed by atoms with Crippen molar-refractivity contribution in [2.75, 3.05) is 5.75 Å². The molecule has 2 aliphatic rings. The fraction of sp³-hybridized carbons (Fsp3) is 0.545. The van der Waals surface area contributed by atoms with E-state index in [-0.39, 0.29) is 11.4 Å². The van der Waals surface area contributed by atoms with Gasteiger partial charge in [0.2, 0.25) is 11.8 Å². The lowest BCUT2D eigenvalue weighted by Gasteiger charge is -2.43. The van der Waals surface area contributed by atoms with Crippen LogP contribution in [0.25, 0.3) is 0 Å². The number of aliphatic hydroxyl groups is 1. The van der Waals surface area contributed by atoms with Gasteiger partial charge >= 0.3 is 5.97 Å². The molecule has 21 heavy (non-hydrogen) atoms. The van der Waals surface area contributed by atoms with Crippen LogP contribution in [0.3, 0.4) is 0 Å². The standard InChI is InChI=1S/C11H15N3O5S2/c1-3(15)5-8(17)14-6(10(18)19)11(21-9(5)14)20-2-4(12)7(13)16/h3-5,9,15H,2,12H2,1H3,(H2,13,16)(H,18,19)/t3?,4-,5+,9-/m1/s1. The van der Waals surface area contributed by atoms with Crippen molar-refractivity contribution < 1.29 is 24.6 Å². The van der Waals surface area contributed by atoms with Crippen molar-refractivity contribution in [3.8, 4) is 0 Å². The van der Waals surface area contributed by atoms with Crippen molar-refractivity contribution in [3.05, 3.63) is 9.93 Å². The smallest absolute Gasteiger partial charge is 0.354 e. The Balaban J connectivity index is 2.15. The van der Waals surface area contributed by atoms with Gasteiger partial charge in [-0.2, -0.15) is 0 Å². The van der Waals surface area contributed by atoms with Gasteiger partial charge in [-0.25, -0.2) is 4.79 Å². The Morgan fingerprint density at radius 3 is 2.62 bits per heavy atom. The lowest BCUT2D eigenvalue weighted by Crippen LogP contribution is -2.60. The number of primary amides is 1. The largest absolute Gasteiger partial charge is 0.477 e. The van der Waals surface area contributed by atoms with Gasteiger partial charge in [0.15, 0.2) is 5.70 Å². The number of carboxylic acid groups (broad SMARTS) is 1. The van der Waals surface area contributed by atoms with E-state index in [1.807, 2.05) is 0 Å². The molecule has 10 heteroatoms. The molecule has 116 valence electrons. The van der Waals surface area contributed by atoms with Crippen LogP contribution in [0.1, 0.15) is 6.92 Å². The highest BCUT2D eigenvalue weighted by molar-refractivity contribution is 8.22. The van der Waals surface area contributed by atoms with Crippen LogP contribution < -0.4 is 11.5 Å². The van der Waals surface area contributed by atoms with Crippen molar-refractivity contribution in [2.24, 2.45) is 17.4 Å². The number of carboxylic acids is 1. The van der Waals surface area contributed by atoms with E-state index in [4.69, 9.17) is 11.5 Å². The number of aliphatic hydroxyl groups excluding tert-OH is 1. The molecule has 8 nitrogen and oxygen atoms in total. The van der Waals surface area contributed by atoms with Crippen molar-refractivity contribution in [2.45, 2.75) is 24.4 Å². The first-order valence-electron chi connectivity index (χ1n) is 6.08. The molecule has 6 N–H and O–H groups in total. The van der Waals surface area contributed by atoms with Crippen LogP contribution in [0, 0.1) is 5.92 Å². The van der Waals surface area contributed by atoms with Crippen molar-refractivity contribution in [1.29, 1.82) is 0 Å². The third-order valence-electron chi connectivity index (χ3n) is 3.23. The fourth-order valence-electron chi connectivity index (χ4n) is 2.10. The van der Waals surface area contributed by atoms with Crippen LogP contribution in [0.2, 0.25) is 0 Å². The van der Waals surface area contributed by atoms with E-state index in [2.05, 4.69) is 0 Å². The highest BCUT2D eigenvalue weighted by Gasteiger charge is 2.57. The number of carbonyl (C=O) groups excluding carboxylic acids is 2. The van der Waals surface area contributed by atoms with E-state index in [0.29, 0.717) is 4.24 Å². The van der Waals surface area contributed by atoms with Crippen LogP contribution in [0.15, 0.2) is 9.93 Å². The summed E-state index contributed by atoms with van der Waals surface area (Å²) < 4.78 is 0.403. The summed E-state index contributed by atoms with van der Waals surface area (Å²) in [5, 5.41) is 18.4. The maximum absolute atomic E-state index is 11.9. The zero-order valence-electron chi connectivity index (χ0n) is 11.1. The Hall–Kier alpha value is -1.23. The molecule has 1 saturated heterocycles. The summed E-state index contributed by atoms with van der Waals surface area (Å²) in [4.78, 5) is 35.3. The van der Waals surface area contributed by atoms with Gasteiger partial charge in [0.05, 0.1) is 22.3 Å². The highest BCUT2D eigenvalue weighted by atomic mass is 32.2. The number of hydrogen-bond acceptors (Lipinski definition) is 7. The minimum absolute atomic E-state index is 0.117. The number of nitrogens with zero attached hydrogens (tertiary/aromatic N) is 1. The molecule has 0 saturated carbocycles. The van der Waals surface area contributed by atoms with E-state index in [9.17, 15) is 24.6 Å². The molecular weight excluding hydrogens is 318 g/mol. The minimum Gasteiger partial charge on any atom is -0.477 e. The zero-order valence-corrected chi connectivity index (χ0v) is 12.7. The van der Waals surface area contributed by atoms with Gasteiger partial charge in [0.25, 0.3) is 0 Å². The number of thioether (sulfide) groups is 2. The highest BCUT2D eigenvalue weighted by Crippen LogP contribution is 2.53. The number of fused-ring (bicyclic) bond motifs is 1. The number of carbonyl (C=O) groups is 3. The molecule has 0 radical (unpaired) electrons. The SMILES string of the molecule is CC(O)[C@H]1C(=O)N2C(C(=O)O)=C(SC[C@@H](N)C(N)=O)S[C@H]12. The predicted molar refractivity (Wildman–Crippen MR) is 77.7 cm³/mol. The molecule has 2 aliphatic heterocycles. The number of amides is 2. The van der Waals surface area contributed by atoms with E-state index in [1.54, 1.807) is 0 Å². The Morgan fingerprint density at radius 1 is 1.52 bits per heavy atom. The topological polar surface area (TPSA) is 147 Å². The van der Waals surface area contributed by atoms with Crippen LogP contribution >= 0.6 is 23.5 Å². The van der Waals surface area contributed by atoms with Crippen LogP contribution in [0.5, 0.6) is 0 Å².